The molecule has 5 nitrogen and oxygen atoms in total. The molecule has 96 valence electrons. The van der Waals surface area contributed by atoms with Gasteiger partial charge in [-0.2, -0.15) is 0 Å². The van der Waals surface area contributed by atoms with Crippen molar-refractivity contribution in [3.8, 4) is 0 Å². The van der Waals surface area contributed by atoms with Gasteiger partial charge < -0.3 is 4.98 Å². The van der Waals surface area contributed by atoms with Crippen molar-refractivity contribution >= 4 is 26.0 Å². The van der Waals surface area contributed by atoms with Crippen LogP contribution < -0.4 is 4.72 Å². The molecule has 2 aromatic rings. The molecule has 18 heavy (non-hydrogen) atoms. The quantitative estimate of drug-likeness (QED) is 0.903. The van der Waals surface area contributed by atoms with E-state index in [1.807, 2.05) is 24.3 Å². The molecule has 0 radical (unpaired) electrons. The van der Waals surface area contributed by atoms with Crippen molar-refractivity contribution in [1.29, 1.82) is 0 Å². The first-order valence-corrected chi connectivity index (χ1v) is 7.53. The van der Waals surface area contributed by atoms with Gasteiger partial charge in [-0.25, -0.2) is 18.1 Å². The third-order valence-electron chi connectivity index (χ3n) is 2.47. The highest BCUT2D eigenvalue weighted by Gasteiger charge is 2.20. The number of rotatable bonds is 4. The summed E-state index contributed by atoms with van der Waals surface area (Å²) in [7, 11) is -3.57. The van der Waals surface area contributed by atoms with Crippen molar-refractivity contribution < 1.29 is 8.42 Å². The molecule has 1 unspecified atom stereocenters. The molecule has 0 bridgehead atoms. The Hall–Kier alpha value is -1.18. The normalized spacial score (nSPS) is 13.4. The van der Waals surface area contributed by atoms with E-state index >= 15 is 0 Å². The molecule has 7 heteroatoms. The van der Waals surface area contributed by atoms with Gasteiger partial charge in [0.15, 0.2) is 5.03 Å². The number of sulfonamides is 1. The Balaban J connectivity index is 2.23. The van der Waals surface area contributed by atoms with E-state index in [4.69, 9.17) is 0 Å². The first-order chi connectivity index (χ1) is 8.50. The van der Waals surface area contributed by atoms with Crippen LogP contribution in [0.2, 0.25) is 0 Å². The zero-order valence-corrected chi connectivity index (χ0v) is 12.0. The Morgan fingerprint density at radius 1 is 1.39 bits per heavy atom. The topological polar surface area (TPSA) is 74.8 Å². The van der Waals surface area contributed by atoms with Crippen LogP contribution in [0.5, 0.6) is 0 Å². The number of nitrogens with one attached hydrogen (secondary N) is 2. The summed E-state index contributed by atoms with van der Waals surface area (Å²) in [5, 5.41) is 0.0569. The fourth-order valence-electron chi connectivity index (χ4n) is 1.58. The molecule has 0 amide bonds. The maximum Gasteiger partial charge on any atom is 0.258 e. The summed E-state index contributed by atoms with van der Waals surface area (Å²) in [6.07, 6.45) is 2.60. The predicted octanol–water partition coefficient (Wildman–Crippen LogP) is 2.21. The SMILES string of the molecule is CC(NS(=O)(=O)c1cnc[nH]1)c1ccccc1Br. The third-order valence-corrected chi connectivity index (χ3v) is 4.65. The van der Waals surface area contributed by atoms with E-state index in [9.17, 15) is 8.42 Å². The molecule has 2 N–H and O–H groups in total. The number of imidazole rings is 1. The molecule has 0 aliphatic heterocycles. The number of aromatic amines is 1. The lowest BCUT2D eigenvalue weighted by molar-refractivity contribution is 0.563. The van der Waals surface area contributed by atoms with Crippen LogP contribution >= 0.6 is 15.9 Å². The summed E-state index contributed by atoms with van der Waals surface area (Å²) in [4.78, 5) is 6.28. The molecule has 1 aromatic heterocycles. The Kier molecular flexibility index (Phi) is 3.84. The number of halogens is 1. The lowest BCUT2D eigenvalue weighted by atomic mass is 10.1. The summed E-state index contributed by atoms with van der Waals surface area (Å²) in [5.74, 6) is 0. The van der Waals surface area contributed by atoms with Crippen LogP contribution in [-0.4, -0.2) is 18.4 Å². The number of hydrogen-bond donors (Lipinski definition) is 2. The molecule has 0 aliphatic carbocycles. The van der Waals surface area contributed by atoms with Crippen LogP contribution in [0.1, 0.15) is 18.5 Å². The lowest BCUT2D eigenvalue weighted by Gasteiger charge is -2.15. The van der Waals surface area contributed by atoms with Crippen molar-refractivity contribution in [2.45, 2.75) is 18.0 Å². The smallest absolute Gasteiger partial charge is 0.258 e. The van der Waals surface area contributed by atoms with E-state index in [1.165, 1.54) is 12.5 Å². The molecular weight excluding hydrogens is 318 g/mol. The monoisotopic (exact) mass is 329 g/mol. The first-order valence-electron chi connectivity index (χ1n) is 5.26. The van der Waals surface area contributed by atoms with Crippen molar-refractivity contribution in [1.82, 2.24) is 14.7 Å². The molecule has 0 saturated carbocycles. The molecule has 0 aliphatic rings. The lowest BCUT2D eigenvalue weighted by Crippen LogP contribution is -2.27. The van der Waals surface area contributed by atoms with Crippen molar-refractivity contribution in [2.24, 2.45) is 0 Å². The van der Waals surface area contributed by atoms with Gasteiger partial charge >= 0.3 is 0 Å². The predicted molar refractivity (Wildman–Crippen MR) is 71.5 cm³/mol. The van der Waals surface area contributed by atoms with E-state index in [0.717, 1.165) is 10.0 Å². The Morgan fingerprint density at radius 3 is 2.72 bits per heavy atom. The van der Waals surface area contributed by atoms with Crippen molar-refractivity contribution in [2.75, 3.05) is 0 Å². The molecule has 1 heterocycles. The molecule has 0 spiro atoms. The Morgan fingerprint density at radius 2 is 2.11 bits per heavy atom. The second-order valence-electron chi connectivity index (χ2n) is 3.78. The summed E-state index contributed by atoms with van der Waals surface area (Å²) in [5.41, 5.74) is 0.876. The van der Waals surface area contributed by atoms with E-state index in [-0.39, 0.29) is 11.1 Å². The van der Waals surface area contributed by atoms with Gasteiger partial charge in [0, 0.05) is 10.5 Å². The zero-order valence-electron chi connectivity index (χ0n) is 9.59. The number of hydrogen-bond acceptors (Lipinski definition) is 3. The molecule has 1 aromatic carbocycles. The van der Waals surface area contributed by atoms with Gasteiger partial charge in [0.1, 0.15) is 0 Å². The standard InChI is InChI=1S/C11H12BrN3O2S/c1-8(9-4-2-3-5-10(9)12)15-18(16,17)11-6-13-7-14-11/h2-8,15H,1H3,(H,13,14). The fraction of sp³-hybridized carbons (Fsp3) is 0.182. The molecule has 0 fully saturated rings. The van der Waals surface area contributed by atoms with Gasteiger partial charge in [-0.1, -0.05) is 34.1 Å². The second-order valence-corrected chi connectivity index (χ2v) is 6.32. The molecule has 0 saturated heterocycles. The van der Waals surface area contributed by atoms with E-state index in [2.05, 4.69) is 30.6 Å². The zero-order chi connectivity index (χ0) is 13.2. The van der Waals surface area contributed by atoms with Crippen LogP contribution in [-0.2, 0) is 10.0 Å². The average molecular weight is 330 g/mol. The highest BCUT2D eigenvalue weighted by Crippen LogP contribution is 2.23. The summed E-state index contributed by atoms with van der Waals surface area (Å²) in [6, 6.07) is 7.14. The number of nitrogens with zero attached hydrogens (tertiary/aromatic N) is 1. The highest BCUT2D eigenvalue weighted by molar-refractivity contribution is 9.10. The molecular formula is C11H12BrN3O2S. The largest absolute Gasteiger partial charge is 0.335 e. The van der Waals surface area contributed by atoms with Crippen LogP contribution in [0.3, 0.4) is 0 Å². The van der Waals surface area contributed by atoms with Gasteiger partial charge in [-0.15, -0.1) is 0 Å². The summed E-state index contributed by atoms with van der Waals surface area (Å²) >= 11 is 3.40. The minimum atomic E-state index is -3.57. The average Bonchev–Trinajstić information content (AvgIpc) is 2.82. The van der Waals surface area contributed by atoms with Crippen LogP contribution in [0.15, 0.2) is 46.3 Å². The molecule has 2 rings (SSSR count). The molecule has 1 atom stereocenters. The van der Waals surface area contributed by atoms with Crippen LogP contribution in [0.25, 0.3) is 0 Å². The van der Waals surface area contributed by atoms with Crippen LogP contribution in [0, 0.1) is 0 Å². The van der Waals surface area contributed by atoms with Gasteiger partial charge in [0.25, 0.3) is 10.0 Å². The summed E-state index contributed by atoms with van der Waals surface area (Å²) in [6.45, 7) is 1.79. The number of aromatic nitrogens is 2. The van der Waals surface area contributed by atoms with Crippen LogP contribution in [0.4, 0.5) is 0 Å². The first kappa shape index (κ1) is 13.3. The van der Waals surface area contributed by atoms with Gasteiger partial charge in [0.2, 0.25) is 0 Å². The Labute approximate surface area is 114 Å². The number of H-pyrrole nitrogens is 1. The maximum atomic E-state index is 12.0. The fourth-order valence-corrected chi connectivity index (χ4v) is 3.33. The minimum absolute atomic E-state index is 0.0569. The van der Waals surface area contributed by atoms with Gasteiger partial charge in [-0.3, -0.25) is 0 Å². The van der Waals surface area contributed by atoms with Crippen molar-refractivity contribution in [3.63, 3.8) is 0 Å². The van der Waals surface area contributed by atoms with Crippen molar-refractivity contribution in [3.05, 3.63) is 46.8 Å². The van der Waals surface area contributed by atoms with Gasteiger partial charge in [-0.05, 0) is 18.6 Å². The number of benzene rings is 1. The summed E-state index contributed by atoms with van der Waals surface area (Å²) < 4.78 is 27.4. The van der Waals surface area contributed by atoms with E-state index in [1.54, 1.807) is 6.92 Å². The Bertz CT molecular complexity index is 625. The van der Waals surface area contributed by atoms with Gasteiger partial charge in [0.05, 0.1) is 12.5 Å². The van der Waals surface area contributed by atoms with E-state index in [0.29, 0.717) is 0 Å². The third kappa shape index (κ3) is 2.80. The second kappa shape index (κ2) is 5.21. The van der Waals surface area contributed by atoms with E-state index < -0.39 is 10.0 Å². The minimum Gasteiger partial charge on any atom is -0.335 e. The highest BCUT2D eigenvalue weighted by atomic mass is 79.9. The maximum absolute atomic E-state index is 12.0.